The summed E-state index contributed by atoms with van der Waals surface area (Å²) in [4.78, 5) is 18.8. The Morgan fingerprint density at radius 1 is 1.12 bits per heavy atom. The molecule has 1 unspecified atom stereocenters. The van der Waals surface area contributed by atoms with Gasteiger partial charge in [-0.05, 0) is 52.7 Å². The van der Waals surface area contributed by atoms with Crippen LogP contribution >= 0.6 is 0 Å². The first kappa shape index (κ1) is 22.8. The number of fused-ring (bicyclic) bond motifs is 1. The molecule has 1 fully saturated rings. The lowest BCUT2D eigenvalue weighted by Gasteiger charge is -2.34. The van der Waals surface area contributed by atoms with E-state index in [1.807, 2.05) is 64.1 Å². The number of nitrogens with zero attached hydrogens (tertiary/aromatic N) is 4. The number of carbonyl (C=O) groups is 1. The Balaban J connectivity index is 1.61. The Hall–Kier alpha value is -3.42. The summed E-state index contributed by atoms with van der Waals surface area (Å²) in [6, 6.07) is 12.0. The van der Waals surface area contributed by atoms with Gasteiger partial charge in [0.1, 0.15) is 11.3 Å². The summed E-state index contributed by atoms with van der Waals surface area (Å²) >= 11 is 0. The van der Waals surface area contributed by atoms with Crippen molar-refractivity contribution < 1.29 is 14.3 Å². The number of hydrogen-bond donors (Lipinski definition) is 1. The minimum Gasteiger partial charge on any atom is -0.480 e. The van der Waals surface area contributed by atoms with Gasteiger partial charge < -0.3 is 19.7 Å². The van der Waals surface area contributed by atoms with Crippen molar-refractivity contribution in [3.05, 3.63) is 42.1 Å². The van der Waals surface area contributed by atoms with E-state index in [4.69, 9.17) is 9.47 Å². The molecule has 33 heavy (non-hydrogen) atoms. The van der Waals surface area contributed by atoms with E-state index in [-0.39, 0.29) is 12.1 Å². The van der Waals surface area contributed by atoms with Gasteiger partial charge in [-0.1, -0.05) is 24.3 Å². The average molecular weight is 450 g/mol. The highest BCUT2D eigenvalue weighted by atomic mass is 16.6. The molecule has 0 spiro atoms. The fourth-order valence-corrected chi connectivity index (χ4v) is 4.06. The Morgan fingerprint density at radius 2 is 1.88 bits per heavy atom. The van der Waals surface area contributed by atoms with Gasteiger partial charge in [-0.15, -0.1) is 10.2 Å². The van der Waals surface area contributed by atoms with Crippen LogP contribution in [0.3, 0.4) is 0 Å². The summed E-state index contributed by atoms with van der Waals surface area (Å²) in [5.41, 5.74) is 1.88. The van der Waals surface area contributed by atoms with Crippen LogP contribution in [0.5, 0.6) is 5.88 Å². The summed E-state index contributed by atoms with van der Waals surface area (Å²) in [5.74, 6) is 1.22. The van der Waals surface area contributed by atoms with Crippen molar-refractivity contribution in [2.75, 3.05) is 25.5 Å². The van der Waals surface area contributed by atoms with E-state index in [2.05, 4.69) is 20.5 Å². The second kappa shape index (κ2) is 9.21. The number of likely N-dealkylation sites (tertiary alicyclic amines) is 1. The summed E-state index contributed by atoms with van der Waals surface area (Å²) in [7, 11) is 1.61. The first-order valence-corrected chi connectivity index (χ1v) is 11.3. The maximum atomic E-state index is 12.5. The number of rotatable bonds is 4. The number of aromatic nitrogens is 3. The quantitative estimate of drug-likeness (QED) is 0.611. The van der Waals surface area contributed by atoms with Crippen molar-refractivity contribution in [3.8, 4) is 17.1 Å². The highest BCUT2D eigenvalue weighted by molar-refractivity contribution is 6.00. The van der Waals surface area contributed by atoms with Crippen molar-refractivity contribution >= 4 is 22.7 Å². The van der Waals surface area contributed by atoms with E-state index in [1.165, 1.54) is 0 Å². The molecule has 1 amide bonds. The van der Waals surface area contributed by atoms with Gasteiger partial charge in [-0.3, -0.25) is 0 Å². The molecule has 0 radical (unpaired) electrons. The predicted molar refractivity (Wildman–Crippen MR) is 129 cm³/mol. The summed E-state index contributed by atoms with van der Waals surface area (Å²) in [6.07, 6.45) is 1.55. The second-order valence-electron chi connectivity index (χ2n) is 9.36. The van der Waals surface area contributed by atoms with E-state index >= 15 is 0 Å². The molecule has 1 aliphatic rings. The molecule has 1 saturated heterocycles. The lowest BCUT2D eigenvalue weighted by atomic mass is 10.0. The molecule has 1 N–H and O–H groups in total. The van der Waals surface area contributed by atoms with Crippen molar-refractivity contribution in [3.63, 3.8) is 0 Å². The molecule has 0 saturated carbocycles. The van der Waals surface area contributed by atoms with Crippen molar-refractivity contribution in [2.45, 2.75) is 52.2 Å². The van der Waals surface area contributed by atoms with E-state index in [0.717, 1.165) is 40.6 Å². The highest BCUT2D eigenvalue weighted by Gasteiger charge is 2.28. The number of carbonyl (C=O) groups excluding carboxylic acids is 1. The van der Waals surface area contributed by atoms with Crippen LogP contribution in [0.25, 0.3) is 22.0 Å². The van der Waals surface area contributed by atoms with Crippen molar-refractivity contribution in [1.29, 1.82) is 0 Å². The molecule has 4 rings (SSSR count). The predicted octanol–water partition coefficient (Wildman–Crippen LogP) is 4.82. The SMILES string of the molecule is COc1nc(C)ccc1-c1nnc(NC2CCCN(C(=O)OC(C)(C)C)C2)c2ccccc12. The molecular formula is C25H31N5O3. The van der Waals surface area contributed by atoms with Gasteiger partial charge in [-0.25, -0.2) is 9.78 Å². The molecule has 1 atom stereocenters. The number of pyridine rings is 1. The summed E-state index contributed by atoms with van der Waals surface area (Å²) < 4.78 is 11.1. The number of aryl methyl sites for hydroxylation is 1. The smallest absolute Gasteiger partial charge is 0.410 e. The number of methoxy groups -OCH3 is 1. The number of hydrogen-bond acceptors (Lipinski definition) is 7. The number of nitrogens with one attached hydrogen (secondary N) is 1. The summed E-state index contributed by atoms with van der Waals surface area (Å²) in [6.45, 7) is 8.82. The van der Waals surface area contributed by atoms with Crippen LogP contribution in [0, 0.1) is 6.92 Å². The highest BCUT2D eigenvalue weighted by Crippen LogP contribution is 2.34. The normalized spacial score (nSPS) is 16.5. The third kappa shape index (κ3) is 5.16. The molecule has 0 bridgehead atoms. The van der Waals surface area contributed by atoms with Crippen LogP contribution in [0.4, 0.5) is 10.6 Å². The Morgan fingerprint density at radius 3 is 2.61 bits per heavy atom. The van der Waals surface area contributed by atoms with E-state index in [9.17, 15) is 4.79 Å². The molecule has 1 aliphatic heterocycles. The fraction of sp³-hybridized carbons (Fsp3) is 0.440. The molecule has 0 aliphatic carbocycles. The van der Waals surface area contributed by atoms with Crippen molar-refractivity contribution in [2.24, 2.45) is 0 Å². The Bertz CT molecular complexity index is 1160. The molecule has 8 nitrogen and oxygen atoms in total. The monoisotopic (exact) mass is 449 g/mol. The zero-order valence-electron chi connectivity index (χ0n) is 19.9. The van der Waals surface area contributed by atoms with Gasteiger partial charge in [0.05, 0.1) is 12.7 Å². The van der Waals surface area contributed by atoms with Gasteiger partial charge in [0, 0.05) is 35.6 Å². The zero-order valence-corrected chi connectivity index (χ0v) is 19.9. The number of amides is 1. The Labute approximate surface area is 194 Å². The molecule has 8 heteroatoms. The third-order valence-electron chi connectivity index (χ3n) is 5.55. The molecule has 2 aromatic heterocycles. The van der Waals surface area contributed by atoms with Crippen LogP contribution in [-0.4, -0.2) is 58.0 Å². The number of benzene rings is 1. The minimum absolute atomic E-state index is 0.0606. The van der Waals surface area contributed by atoms with Crippen LogP contribution in [0.1, 0.15) is 39.3 Å². The number of ether oxygens (including phenoxy) is 2. The van der Waals surface area contributed by atoms with Gasteiger partial charge >= 0.3 is 6.09 Å². The van der Waals surface area contributed by atoms with E-state index in [0.29, 0.717) is 24.8 Å². The van der Waals surface area contributed by atoms with E-state index in [1.54, 1.807) is 12.0 Å². The van der Waals surface area contributed by atoms with Gasteiger partial charge in [-0.2, -0.15) is 0 Å². The number of anilines is 1. The number of piperidine rings is 1. The summed E-state index contributed by atoms with van der Waals surface area (Å²) in [5, 5.41) is 14.5. The van der Waals surface area contributed by atoms with Crippen LogP contribution in [0.2, 0.25) is 0 Å². The average Bonchev–Trinajstić information content (AvgIpc) is 2.78. The second-order valence-corrected chi connectivity index (χ2v) is 9.36. The third-order valence-corrected chi connectivity index (χ3v) is 5.55. The van der Waals surface area contributed by atoms with Crippen LogP contribution in [-0.2, 0) is 4.74 Å². The maximum Gasteiger partial charge on any atom is 0.410 e. The van der Waals surface area contributed by atoms with E-state index < -0.39 is 5.60 Å². The Kier molecular flexibility index (Phi) is 6.35. The topological polar surface area (TPSA) is 89.5 Å². The van der Waals surface area contributed by atoms with Crippen LogP contribution in [0.15, 0.2) is 36.4 Å². The first-order chi connectivity index (χ1) is 15.7. The molecule has 174 valence electrons. The largest absolute Gasteiger partial charge is 0.480 e. The molecule has 1 aromatic carbocycles. The zero-order chi connectivity index (χ0) is 23.6. The standard InChI is InChI=1S/C25H31N5O3/c1-16-12-13-20(23(26-16)32-5)21-18-10-6-7-11-19(18)22(29-28-21)27-17-9-8-14-30(15-17)24(31)33-25(2,3)4/h6-7,10-13,17H,8-9,14-15H2,1-5H3,(H,27,29). The molecule has 3 aromatic rings. The van der Waals surface area contributed by atoms with Gasteiger partial charge in [0.2, 0.25) is 5.88 Å². The van der Waals surface area contributed by atoms with Gasteiger partial charge in [0.25, 0.3) is 0 Å². The van der Waals surface area contributed by atoms with Crippen LogP contribution < -0.4 is 10.1 Å². The first-order valence-electron chi connectivity index (χ1n) is 11.3. The van der Waals surface area contributed by atoms with Crippen molar-refractivity contribution in [1.82, 2.24) is 20.1 Å². The lowest BCUT2D eigenvalue weighted by Crippen LogP contribution is -2.47. The lowest BCUT2D eigenvalue weighted by molar-refractivity contribution is 0.0206. The minimum atomic E-state index is -0.513. The molecule has 3 heterocycles. The van der Waals surface area contributed by atoms with Gasteiger partial charge in [0.15, 0.2) is 5.82 Å². The molecular weight excluding hydrogens is 418 g/mol. The maximum absolute atomic E-state index is 12.5. The fourth-order valence-electron chi connectivity index (χ4n) is 4.06.